The standard InChI is InChI=1S/C21H30NO3P/c1-6-21(2,26-19-13-8-7-10-16(19)14-22-3)17-11-9-12-18(24-5)20(17)25-15-23-4/h7-13,22,26H,6,14-15H2,1-5H3. The summed E-state index contributed by atoms with van der Waals surface area (Å²) in [5.41, 5.74) is 2.50. The summed E-state index contributed by atoms with van der Waals surface area (Å²) in [6.45, 7) is 5.60. The summed E-state index contributed by atoms with van der Waals surface area (Å²) in [5, 5.41) is 4.60. The highest BCUT2D eigenvalue weighted by atomic mass is 31.1. The molecule has 2 unspecified atom stereocenters. The van der Waals surface area contributed by atoms with Crippen molar-refractivity contribution in [2.75, 3.05) is 28.1 Å². The fraction of sp³-hybridized carbons (Fsp3) is 0.429. The molecule has 1 N–H and O–H groups in total. The van der Waals surface area contributed by atoms with Gasteiger partial charge in [-0.2, -0.15) is 0 Å². The Labute approximate surface area is 159 Å². The quantitative estimate of drug-likeness (QED) is 0.503. The summed E-state index contributed by atoms with van der Waals surface area (Å²) < 4.78 is 16.6. The van der Waals surface area contributed by atoms with E-state index in [1.54, 1.807) is 14.2 Å². The number of para-hydroxylation sites is 1. The van der Waals surface area contributed by atoms with Crippen LogP contribution in [0.5, 0.6) is 11.5 Å². The fourth-order valence-electron chi connectivity index (χ4n) is 3.01. The third-order valence-corrected chi connectivity index (χ3v) is 6.55. The highest BCUT2D eigenvalue weighted by molar-refractivity contribution is 7.48. The number of rotatable bonds is 10. The fourth-order valence-corrected chi connectivity index (χ4v) is 4.62. The van der Waals surface area contributed by atoms with Gasteiger partial charge in [-0.15, -0.1) is 0 Å². The van der Waals surface area contributed by atoms with E-state index in [-0.39, 0.29) is 11.9 Å². The molecule has 2 aromatic carbocycles. The largest absolute Gasteiger partial charge is 0.493 e. The van der Waals surface area contributed by atoms with Gasteiger partial charge in [0.25, 0.3) is 0 Å². The van der Waals surface area contributed by atoms with Crippen LogP contribution in [-0.4, -0.2) is 28.1 Å². The second kappa shape index (κ2) is 9.91. The minimum absolute atomic E-state index is 0.0541. The van der Waals surface area contributed by atoms with E-state index in [1.807, 2.05) is 19.2 Å². The van der Waals surface area contributed by atoms with Gasteiger partial charge in [-0.25, -0.2) is 0 Å². The zero-order valence-electron chi connectivity index (χ0n) is 16.4. The number of ether oxygens (including phenoxy) is 3. The minimum Gasteiger partial charge on any atom is -0.493 e. The first-order valence-corrected chi connectivity index (χ1v) is 9.89. The molecular formula is C21H30NO3P. The van der Waals surface area contributed by atoms with Gasteiger partial charge in [-0.05, 0) is 30.4 Å². The summed E-state index contributed by atoms with van der Waals surface area (Å²) in [6.07, 6.45) is 0.996. The molecule has 2 atom stereocenters. The molecular weight excluding hydrogens is 345 g/mol. The molecule has 0 fully saturated rings. The smallest absolute Gasteiger partial charge is 0.188 e. The lowest BCUT2D eigenvalue weighted by molar-refractivity contribution is 0.0480. The monoisotopic (exact) mass is 375 g/mol. The molecule has 26 heavy (non-hydrogen) atoms. The number of methoxy groups -OCH3 is 2. The molecule has 0 aliphatic carbocycles. The van der Waals surface area contributed by atoms with Crippen molar-refractivity contribution in [3.8, 4) is 11.5 Å². The Kier molecular flexibility index (Phi) is 7.89. The van der Waals surface area contributed by atoms with Gasteiger partial charge in [0.15, 0.2) is 18.3 Å². The van der Waals surface area contributed by atoms with E-state index in [0.717, 1.165) is 30.0 Å². The Morgan fingerprint density at radius 1 is 1.08 bits per heavy atom. The van der Waals surface area contributed by atoms with Gasteiger partial charge in [-0.1, -0.05) is 58.8 Å². The van der Waals surface area contributed by atoms with Crippen molar-refractivity contribution in [1.82, 2.24) is 5.32 Å². The molecule has 0 aliphatic heterocycles. The molecule has 0 saturated carbocycles. The molecule has 0 amide bonds. The second-order valence-corrected chi connectivity index (χ2v) is 8.28. The van der Waals surface area contributed by atoms with Gasteiger partial charge in [-0.3, -0.25) is 0 Å². The van der Waals surface area contributed by atoms with Gasteiger partial charge in [0.1, 0.15) is 0 Å². The van der Waals surface area contributed by atoms with Gasteiger partial charge >= 0.3 is 0 Å². The van der Waals surface area contributed by atoms with Crippen LogP contribution < -0.4 is 20.1 Å². The third-order valence-electron chi connectivity index (χ3n) is 4.62. The Bertz CT molecular complexity index is 707. The molecule has 2 rings (SSSR count). The predicted octanol–water partition coefficient (Wildman–Crippen LogP) is 4.03. The summed E-state index contributed by atoms with van der Waals surface area (Å²) in [4.78, 5) is 0. The first-order valence-electron chi connectivity index (χ1n) is 8.89. The van der Waals surface area contributed by atoms with Crippen LogP contribution in [0.1, 0.15) is 31.4 Å². The van der Waals surface area contributed by atoms with Crippen LogP contribution in [0.25, 0.3) is 0 Å². The maximum absolute atomic E-state index is 5.92. The van der Waals surface area contributed by atoms with Crippen LogP contribution in [0.3, 0.4) is 0 Å². The first-order chi connectivity index (χ1) is 12.6. The van der Waals surface area contributed by atoms with E-state index in [9.17, 15) is 0 Å². The van der Waals surface area contributed by atoms with Crippen molar-refractivity contribution >= 4 is 13.9 Å². The van der Waals surface area contributed by atoms with Gasteiger partial charge in [0.05, 0.1) is 7.11 Å². The Balaban J connectivity index is 2.46. The molecule has 0 spiro atoms. The predicted molar refractivity (Wildman–Crippen MR) is 110 cm³/mol. The molecule has 0 bridgehead atoms. The molecule has 4 nitrogen and oxygen atoms in total. The minimum atomic E-state index is -0.0541. The number of hydrogen-bond acceptors (Lipinski definition) is 4. The second-order valence-electron chi connectivity index (χ2n) is 6.39. The molecule has 0 aliphatic rings. The lowest BCUT2D eigenvalue weighted by Gasteiger charge is -2.32. The third kappa shape index (κ3) is 4.76. The van der Waals surface area contributed by atoms with E-state index in [0.29, 0.717) is 8.58 Å². The summed E-state index contributed by atoms with van der Waals surface area (Å²) in [5.74, 6) is 1.52. The molecule has 5 heteroatoms. The van der Waals surface area contributed by atoms with Crippen LogP contribution in [0.2, 0.25) is 0 Å². The average Bonchev–Trinajstić information content (AvgIpc) is 2.67. The lowest BCUT2D eigenvalue weighted by Crippen LogP contribution is -2.22. The number of hydrogen-bond donors (Lipinski definition) is 1. The van der Waals surface area contributed by atoms with E-state index in [4.69, 9.17) is 14.2 Å². The average molecular weight is 375 g/mol. The van der Waals surface area contributed by atoms with Crippen molar-refractivity contribution in [2.24, 2.45) is 0 Å². The van der Waals surface area contributed by atoms with Crippen LogP contribution >= 0.6 is 8.58 Å². The molecule has 0 heterocycles. The van der Waals surface area contributed by atoms with Crippen molar-refractivity contribution in [2.45, 2.75) is 32.0 Å². The van der Waals surface area contributed by atoms with E-state index < -0.39 is 0 Å². The molecule has 142 valence electrons. The van der Waals surface area contributed by atoms with Crippen molar-refractivity contribution in [1.29, 1.82) is 0 Å². The number of nitrogens with one attached hydrogen (secondary N) is 1. The number of benzene rings is 2. The van der Waals surface area contributed by atoms with Gasteiger partial charge in [0, 0.05) is 24.4 Å². The van der Waals surface area contributed by atoms with Crippen molar-refractivity contribution in [3.63, 3.8) is 0 Å². The summed E-state index contributed by atoms with van der Waals surface area (Å²) >= 11 is 0. The molecule has 0 radical (unpaired) electrons. The Morgan fingerprint density at radius 2 is 1.85 bits per heavy atom. The van der Waals surface area contributed by atoms with E-state index in [2.05, 4.69) is 49.5 Å². The Hall–Kier alpha value is -1.61. The Morgan fingerprint density at radius 3 is 2.50 bits per heavy atom. The van der Waals surface area contributed by atoms with Crippen LogP contribution in [0, 0.1) is 0 Å². The SMILES string of the molecule is CCC(C)(Pc1ccccc1CNC)c1cccc(OC)c1OCOC. The normalized spacial score (nSPS) is 13.7. The zero-order valence-corrected chi connectivity index (χ0v) is 17.4. The van der Waals surface area contributed by atoms with Crippen LogP contribution in [0.4, 0.5) is 0 Å². The lowest BCUT2D eigenvalue weighted by atomic mass is 9.96. The van der Waals surface area contributed by atoms with Crippen LogP contribution in [-0.2, 0) is 16.4 Å². The topological polar surface area (TPSA) is 39.7 Å². The maximum atomic E-state index is 5.92. The molecule has 2 aromatic rings. The van der Waals surface area contributed by atoms with E-state index >= 15 is 0 Å². The summed E-state index contributed by atoms with van der Waals surface area (Å²) in [6, 6.07) is 14.8. The maximum Gasteiger partial charge on any atom is 0.188 e. The summed E-state index contributed by atoms with van der Waals surface area (Å²) in [7, 11) is 5.90. The molecule has 0 aromatic heterocycles. The highest BCUT2D eigenvalue weighted by Gasteiger charge is 2.31. The van der Waals surface area contributed by atoms with Crippen LogP contribution in [0.15, 0.2) is 42.5 Å². The zero-order chi connectivity index (χ0) is 19.0. The molecule has 0 saturated heterocycles. The van der Waals surface area contributed by atoms with Crippen molar-refractivity contribution < 1.29 is 14.2 Å². The van der Waals surface area contributed by atoms with E-state index in [1.165, 1.54) is 10.9 Å². The van der Waals surface area contributed by atoms with Gasteiger partial charge < -0.3 is 19.5 Å². The van der Waals surface area contributed by atoms with Crippen molar-refractivity contribution in [3.05, 3.63) is 53.6 Å². The highest BCUT2D eigenvalue weighted by Crippen LogP contribution is 2.49. The van der Waals surface area contributed by atoms with Gasteiger partial charge in [0.2, 0.25) is 0 Å². The first kappa shape index (κ1) is 20.7.